The molecule has 0 fully saturated rings. The largest absolute Gasteiger partial charge is 0.456 e. The van der Waals surface area contributed by atoms with E-state index in [2.05, 4.69) is 150 Å². The van der Waals surface area contributed by atoms with Crippen LogP contribution in [0.5, 0.6) is 0 Å². The summed E-state index contributed by atoms with van der Waals surface area (Å²) in [6.07, 6.45) is 6.71. The molecule has 0 amide bonds. The lowest BCUT2D eigenvalue weighted by atomic mass is 9.92. The van der Waals surface area contributed by atoms with Crippen LogP contribution in [-0.2, 0) is 6.42 Å². The van der Waals surface area contributed by atoms with E-state index in [0.29, 0.717) is 5.95 Å². The highest BCUT2D eigenvalue weighted by atomic mass is 16.3. The summed E-state index contributed by atoms with van der Waals surface area (Å²) in [6.45, 7) is 0. The number of fused-ring (bicyclic) bond motifs is 9. The first-order chi connectivity index (χ1) is 25.8. The first kappa shape index (κ1) is 29.0. The van der Waals surface area contributed by atoms with Crippen molar-refractivity contribution in [3.8, 4) is 39.5 Å². The van der Waals surface area contributed by atoms with E-state index in [9.17, 15) is 0 Å². The minimum Gasteiger partial charge on any atom is -0.456 e. The van der Waals surface area contributed by atoms with Crippen LogP contribution in [0.3, 0.4) is 0 Å². The molecular weight excluding hydrogens is 635 g/mol. The van der Waals surface area contributed by atoms with E-state index >= 15 is 0 Å². The summed E-state index contributed by atoms with van der Waals surface area (Å²) in [7, 11) is 0. The number of aryl methyl sites for hydroxylation is 1. The second-order valence-electron chi connectivity index (χ2n) is 13.7. The number of benzene rings is 7. The third-order valence-electron chi connectivity index (χ3n) is 10.7. The molecule has 52 heavy (non-hydrogen) atoms. The van der Waals surface area contributed by atoms with E-state index in [0.717, 1.165) is 79.1 Å². The van der Waals surface area contributed by atoms with E-state index in [1.165, 1.54) is 33.0 Å². The molecule has 244 valence electrons. The van der Waals surface area contributed by atoms with Crippen LogP contribution in [0.25, 0.3) is 100 Å². The van der Waals surface area contributed by atoms with Crippen LogP contribution < -0.4 is 0 Å². The third-order valence-corrected chi connectivity index (χ3v) is 10.7. The molecule has 4 heteroatoms. The number of para-hydroxylation sites is 2. The Morgan fingerprint density at radius 3 is 2.12 bits per heavy atom. The summed E-state index contributed by atoms with van der Waals surface area (Å²) in [5.74, 6) is 0.674. The molecule has 10 aromatic rings. The number of allylic oxidation sites excluding steroid dienone is 1. The topological polar surface area (TPSA) is 43.9 Å². The summed E-state index contributed by atoms with van der Waals surface area (Å²) in [6, 6.07) is 53.8. The predicted molar refractivity (Wildman–Crippen MR) is 215 cm³/mol. The fourth-order valence-corrected chi connectivity index (χ4v) is 8.19. The van der Waals surface area contributed by atoms with Gasteiger partial charge in [0.2, 0.25) is 5.95 Å². The average molecular weight is 666 g/mol. The highest BCUT2D eigenvalue weighted by molar-refractivity contribution is 6.14. The molecule has 0 bridgehead atoms. The van der Waals surface area contributed by atoms with Crippen molar-refractivity contribution in [3.05, 3.63) is 169 Å². The monoisotopic (exact) mass is 665 g/mol. The summed E-state index contributed by atoms with van der Waals surface area (Å²) in [4.78, 5) is 10.5. The minimum atomic E-state index is 0.674. The maximum atomic E-state index is 6.24. The number of furan rings is 1. The van der Waals surface area contributed by atoms with Crippen molar-refractivity contribution in [3.63, 3.8) is 0 Å². The molecule has 0 N–H and O–H groups in total. The Hall–Kier alpha value is -6.78. The van der Waals surface area contributed by atoms with Crippen LogP contribution in [-0.4, -0.2) is 14.5 Å². The van der Waals surface area contributed by atoms with Crippen LogP contribution in [0.4, 0.5) is 0 Å². The Morgan fingerprint density at radius 2 is 1.21 bits per heavy atom. The van der Waals surface area contributed by atoms with Crippen LogP contribution in [0.1, 0.15) is 17.5 Å². The lowest BCUT2D eigenvalue weighted by Gasteiger charge is -2.13. The normalized spacial score (nSPS) is 12.8. The lowest BCUT2D eigenvalue weighted by molar-refractivity contribution is 0.669. The molecule has 3 aromatic heterocycles. The van der Waals surface area contributed by atoms with Crippen molar-refractivity contribution >= 4 is 60.7 Å². The van der Waals surface area contributed by atoms with Gasteiger partial charge in [-0.05, 0) is 94.8 Å². The third kappa shape index (κ3) is 4.47. The molecule has 7 aromatic carbocycles. The molecule has 3 heterocycles. The summed E-state index contributed by atoms with van der Waals surface area (Å²) >= 11 is 0. The maximum Gasteiger partial charge on any atom is 0.235 e. The number of aromatic nitrogens is 3. The first-order valence-electron chi connectivity index (χ1n) is 17.9. The summed E-state index contributed by atoms with van der Waals surface area (Å²) in [5, 5.41) is 5.77. The molecule has 1 aliphatic carbocycles. The summed E-state index contributed by atoms with van der Waals surface area (Å²) < 4.78 is 8.50. The first-order valence-corrected chi connectivity index (χ1v) is 17.9. The van der Waals surface area contributed by atoms with E-state index in [1.54, 1.807) is 0 Å². The van der Waals surface area contributed by atoms with Crippen molar-refractivity contribution in [2.24, 2.45) is 0 Å². The Kier molecular flexibility index (Phi) is 6.34. The SMILES string of the molecule is C1=Cc2c(ccc3c2c2cc(-c4cccc(-c5ccc6c(c5)oc5ccccc56)c4)ccc2n3-c2nc(-c3ccccc3)c3ccccc3n2)CC1. The molecular formula is C48H31N3O. The van der Waals surface area contributed by atoms with Gasteiger partial charge in [-0.1, -0.05) is 115 Å². The van der Waals surface area contributed by atoms with E-state index in [1.807, 2.05) is 18.2 Å². The fraction of sp³-hybridized carbons (Fsp3) is 0.0417. The smallest absolute Gasteiger partial charge is 0.235 e. The predicted octanol–water partition coefficient (Wildman–Crippen LogP) is 12.6. The molecule has 0 radical (unpaired) electrons. The van der Waals surface area contributed by atoms with Gasteiger partial charge in [0.1, 0.15) is 11.2 Å². The van der Waals surface area contributed by atoms with Gasteiger partial charge in [-0.15, -0.1) is 0 Å². The Bertz CT molecular complexity index is 3070. The molecule has 0 saturated heterocycles. The van der Waals surface area contributed by atoms with Crippen LogP contribution in [0.15, 0.2) is 162 Å². The number of hydrogen-bond donors (Lipinski definition) is 0. The van der Waals surface area contributed by atoms with E-state index in [-0.39, 0.29) is 0 Å². The zero-order chi connectivity index (χ0) is 34.2. The molecule has 0 saturated carbocycles. The Labute approximate surface area is 299 Å². The molecule has 0 atom stereocenters. The molecule has 1 aliphatic rings. The maximum absolute atomic E-state index is 6.24. The van der Waals surface area contributed by atoms with E-state index in [4.69, 9.17) is 14.4 Å². The molecule has 11 rings (SSSR count). The number of hydrogen-bond acceptors (Lipinski definition) is 3. The van der Waals surface area contributed by atoms with Crippen LogP contribution in [0, 0.1) is 0 Å². The second kappa shape index (κ2) is 11.4. The lowest BCUT2D eigenvalue weighted by Crippen LogP contribution is -2.04. The molecule has 0 aliphatic heterocycles. The molecule has 0 spiro atoms. The van der Waals surface area contributed by atoms with Gasteiger partial charge >= 0.3 is 0 Å². The standard InChI is InChI=1S/C48H31N3O/c1-2-12-31(13-3-1)47-39-18-6-8-19-41(39)49-48(50-47)51-42-25-23-34(28-40(42)46-36-16-5-4-11-30(36)22-26-43(46)51)32-14-10-15-33(27-32)35-21-24-38-37-17-7-9-20-44(37)52-45(38)29-35/h1-3,5-10,12-29H,4,11H2. The van der Waals surface area contributed by atoms with Crippen molar-refractivity contribution < 1.29 is 4.42 Å². The van der Waals surface area contributed by atoms with Crippen molar-refractivity contribution in [2.75, 3.05) is 0 Å². The Balaban J connectivity index is 1.11. The van der Waals surface area contributed by atoms with Crippen molar-refractivity contribution in [2.45, 2.75) is 12.8 Å². The zero-order valence-electron chi connectivity index (χ0n) is 28.3. The second-order valence-corrected chi connectivity index (χ2v) is 13.7. The quantitative estimate of drug-likeness (QED) is 0.188. The number of nitrogens with zero attached hydrogens (tertiary/aromatic N) is 3. The average Bonchev–Trinajstić information content (AvgIpc) is 3.76. The van der Waals surface area contributed by atoms with Gasteiger partial charge in [-0.25, -0.2) is 9.97 Å². The van der Waals surface area contributed by atoms with Gasteiger partial charge in [0.05, 0.1) is 22.2 Å². The van der Waals surface area contributed by atoms with Gasteiger partial charge in [0.25, 0.3) is 0 Å². The van der Waals surface area contributed by atoms with E-state index < -0.39 is 0 Å². The minimum absolute atomic E-state index is 0.674. The highest BCUT2D eigenvalue weighted by Crippen LogP contribution is 2.41. The van der Waals surface area contributed by atoms with Gasteiger partial charge in [-0.3, -0.25) is 4.57 Å². The van der Waals surface area contributed by atoms with Gasteiger partial charge in [0, 0.05) is 32.5 Å². The molecule has 4 nitrogen and oxygen atoms in total. The number of rotatable bonds is 4. The zero-order valence-corrected chi connectivity index (χ0v) is 28.3. The van der Waals surface area contributed by atoms with Crippen LogP contribution in [0.2, 0.25) is 0 Å². The highest BCUT2D eigenvalue weighted by Gasteiger charge is 2.21. The van der Waals surface area contributed by atoms with Crippen molar-refractivity contribution in [1.82, 2.24) is 14.5 Å². The molecule has 0 unspecified atom stereocenters. The van der Waals surface area contributed by atoms with Gasteiger partial charge < -0.3 is 4.42 Å². The fourth-order valence-electron chi connectivity index (χ4n) is 8.19. The van der Waals surface area contributed by atoms with Crippen LogP contribution >= 0.6 is 0 Å². The van der Waals surface area contributed by atoms with Gasteiger partial charge in [-0.2, -0.15) is 0 Å². The van der Waals surface area contributed by atoms with Gasteiger partial charge in [0.15, 0.2) is 0 Å². The Morgan fingerprint density at radius 1 is 0.500 bits per heavy atom. The van der Waals surface area contributed by atoms with Crippen molar-refractivity contribution in [1.29, 1.82) is 0 Å². The summed E-state index contributed by atoms with van der Waals surface area (Å²) in [5.41, 5.74) is 14.2.